The summed E-state index contributed by atoms with van der Waals surface area (Å²) in [4.78, 5) is 22.3. The highest BCUT2D eigenvalue weighted by atomic mass is 19.4. The lowest BCUT2D eigenvalue weighted by molar-refractivity contribution is -0.192. The third-order valence-corrected chi connectivity index (χ3v) is 4.75. The van der Waals surface area contributed by atoms with Gasteiger partial charge in [0.25, 0.3) is 0 Å². The third kappa shape index (κ3) is 5.63. The maximum absolute atomic E-state index is 13.0. The van der Waals surface area contributed by atoms with Crippen molar-refractivity contribution >= 4 is 11.9 Å². The van der Waals surface area contributed by atoms with Gasteiger partial charge in [-0.1, -0.05) is 12.1 Å². The van der Waals surface area contributed by atoms with Crippen LogP contribution in [0.3, 0.4) is 0 Å². The Morgan fingerprint density at radius 3 is 2.40 bits per heavy atom. The SMILES string of the molecule is Fc1ccc(CN2C[C@@H]3OCCN(c4ncccn4)[C@@H]3C2)cc1.O=C(O)C(F)(F)F. The average molecular weight is 428 g/mol. The highest BCUT2D eigenvalue weighted by molar-refractivity contribution is 5.73. The number of ether oxygens (including phenoxy) is 1. The molecule has 1 aromatic heterocycles. The molecule has 1 aromatic carbocycles. The highest BCUT2D eigenvalue weighted by Crippen LogP contribution is 2.26. The number of anilines is 1. The van der Waals surface area contributed by atoms with Crippen molar-refractivity contribution < 1.29 is 32.2 Å². The summed E-state index contributed by atoms with van der Waals surface area (Å²) in [5.41, 5.74) is 1.12. The summed E-state index contributed by atoms with van der Waals surface area (Å²) in [5.74, 6) is -2.18. The Kier molecular flexibility index (Phi) is 6.83. The molecule has 2 aliphatic heterocycles. The summed E-state index contributed by atoms with van der Waals surface area (Å²) in [6.45, 7) is 4.10. The first kappa shape index (κ1) is 21.9. The third-order valence-electron chi connectivity index (χ3n) is 4.75. The number of carboxylic acids is 1. The maximum atomic E-state index is 13.0. The van der Waals surface area contributed by atoms with E-state index >= 15 is 0 Å². The van der Waals surface area contributed by atoms with Gasteiger partial charge in [-0.05, 0) is 23.8 Å². The van der Waals surface area contributed by atoms with Crippen LogP contribution in [0, 0.1) is 5.82 Å². The van der Waals surface area contributed by atoms with Crippen LogP contribution in [0.1, 0.15) is 5.56 Å². The van der Waals surface area contributed by atoms with Gasteiger partial charge in [0.1, 0.15) is 5.82 Å². The van der Waals surface area contributed by atoms with E-state index in [9.17, 15) is 17.6 Å². The van der Waals surface area contributed by atoms with Crippen molar-refractivity contribution in [2.24, 2.45) is 0 Å². The average Bonchev–Trinajstić information content (AvgIpc) is 3.12. The number of hydrogen-bond acceptors (Lipinski definition) is 6. The van der Waals surface area contributed by atoms with Crippen LogP contribution < -0.4 is 4.90 Å². The van der Waals surface area contributed by atoms with E-state index in [0.29, 0.717) is 6.61 Å². The first-order valence-electron chi connectivity index (χ1n) is 9.16. The number of halogens is 4. The fourth-order valence-corrected chi connectivity index (χ4v) is 3.43. The van der Waals surface area contributed by atoms with E-state index in [1.54, 1.807) is 12.4 Å². The number of hydrogen-bond donors (Lipinski definition) is 1. The molecule has 0 radical (unpaired) electrons. The topological polar surface area (TPSA) is 78.8 Å². The second-order valence-electron chi connectivity index (χ2n) is 6.84. The zero-order chi connectivity index (χ0) is 21.7. The van der Waals surface area contributed by atoms with E-state index in [1.165, 1.54) is 12.1 Å². The Morgan fingerprint density at radius 2 is 1.80 bits per heavy atom. The normalized spacial score (nSPS) is 21.5. The minimum Gasteiger partial charge on any atom is -0.475 e. The van der Waals surface area contributed by atoms with Crippen LogP contribution in [0.5, 0.6) is 0 Å². The molecule has 1 N–H and O–H groups in total. The van der Waals surface area contributed by atoms with Crippen LogP contribution in [-0.4, -0.2) is 70.5 Å². The summed E-state index contributed by atoms with van der Waals surface area (Å²) in [5, 5.41) is 7.12. The zero-order valence-corrected chi connectivity index (χ0v) is 15.8. The summed E-state index contributed by atoms with van der Waals surface area (Å²) in [7, 11) is 0. The molecule has 0 aliphatic carbocycles. The monoisotopic (exact) mass is 428 g/mol. The summed E-state index contributed by atoms with van der Waals surface area (Å²) >= 11 is 0. The predicted octanol–water partition coefficient (Wildman–Crippen LogP) is 2.34. The van der Waals surface area contributed by atoms with Crippen LogP contribution in [-0.2, 0) is 16.1 Å². The summed E-state index contributed by atoms with van der Waals surface area (Å²) in [6, 6.07) is 8.81. The number of benzene rings is 1. The Hall–Kier alpha value is -2.79. The van der Waals surface area contributed by atoms with Crippen molar-refractivity contribution in [2.45, 2.75) is 24.9 Å². The van der Waals surface area contributed by atoms with Crippen molar-refractivity contribution in [3.8, 4) is 0 Å². The Labute approximate surface area is 169 Å². The molecule has 3 heterocycles. The molecule has 30 heavy (non-hydrogen) atoms. The molecule has 0 bridgehead atoms. The number of rotatable bonds is 3. The molecule has 0 amide bonds. The van der Waals surface area contributed by atoms with Crippen molar-refractivity contribution in [3.05, 3.63) is 54.1 Å². The molecule has 0 unspecified atom stereocenters. The van der Waals surface area contributed by atoms with E-state index in [2.05, 4.69) is 19.8 Å². The molecule has 2 fully saturated rings. The molecular weight excluding hydrogens is 408 g/mol. The van der Waals surface area contributed by atoms with Gasteiger partial charge in [-0.3, -0.25) is 4.90 Å². The lowest BCUT2D eigenvalue weighted by atomic mass is 10.1. The van der Waals surface area contributed by atoms with E-state index in [0.717, 1.165) is 37.7 Å². The minimum absolute atomic E-state index is 0.174. The first-order chi connectivity index (χ1) is 14.2. The summed E-state index contributed by atoms with van der Waals surface area (Å²) in [6.07, 6.45) is -1.36. The minimum atomic E-state index is -5.08. The second kappa shape index (κ2) is 9.35. The lowest BCUT2D eigenvalue weighted by Gasteiger charge is -2.36. The van der Waals surface area contributed by atoms with Crippen molar-refractivity contribution in [1.29, 1.82) is 0 Å². The van der Waals surface area contributed by atoms with Gasteiger partial charge in [0.15, 0.2) is 0 Å². The van der Waals surface area contributed by atoms with E-state index in [1.807, 2.05) is 18.2 Å². The molecular formula is C19H20F4N4O3. The van der Waals surface area contributed by atoms with Crippen LogP contribution in [0.15, 0.2) is 42.7 Å². The number of carbonyl (C=O) groups is 1. The molecule has 0 saturated carbocycles. The number of fused-ring (bicyclic) bond motifs is 1. The van der Waals surface area contributed by atoms with Gasteiger partial charge in [-0.25, -0.2) is 19.2 Å². The van der Waals surface area contributed by atoms with E-state index in [-0.39, 0.29) is 18.0 Å². The number of aromatic nitrogens is 2. The molecule has 2 aliphatic rings. The molecule has 2 aromatic rings. The standard InChI is InChI=1S/C17H19FN4O.C2HF3O2/c18-14-4-2-13(3-5-14)10-21-11-15-16(12-21)23-9-8-22(15)17-19-6-1-7-20-17;3-2(4,5)1(6)7/h1-7,15-16H,8-12H2;(H,6,7)/t15-,16+;/m1./s1. The number of morpholine rings is 1. The van der Waals surface area contributed by atoms with Gasteiger partial charge >= 0.3 is 12.1 Å². The number of alkyl halides is 3. The lowest BCUT2D eigenvalue weighted by Crippen LogP contribution is -2.51. The largest absolute Gasteiger partial charge is 0.490 e. The van der Waals surface area contributed by atoms with Crippen molar-refractivity contribution in [3.63, 3.8) is 0 Å². The summed E-state index contributed by atoms with van der Waals surface area (Å²) < 4.78 is 50.7. The maximum Gasteiger partial charge on any atom is 0.490 e. The van der Waals surface area contributed by atoms with E-state index < -0.39 is 12.1 Å². The number of aliphatic carboxylic acids is 1. The molecule has 7 nitrogen and oxygen atoms in total. The molecule has 2 atom stereocenters. The van der Waals surface area contributed by atoms with Crippen LogP contribution >= 0.6 is 0 Å². The molecule has 4 rings (SSSR count). The van der Waals surface area contributed by atoms with E-state index in [4.69, 9.17) is 14.6 Å². The number of likely N-dealkylation sites (tertiary alicyclic amines) is 1. The Bertz CT molecular complexity index is 836. The zero-order valence-electron chi connectivity index (χ0n) is 15.8. The second-order valence-corrected chi connectivity index (χ2v) is 6.84. The quantitative estimate of drug-likeness (QED) is 0.752. The van der Waals surface area contributed by atoms with Gasteiger partial charge < -0.3 is 14.7 Å². The fraction of sp³-hybridized carbons (Fsp3) is 0.421. The van der Waals surface area contributed by atoms with Crippen molar-refractivity contribution in [2.75, 3.05) is 31.1 Å². The van der Waals surface area contributed by atoms with Gasteiger partial charge in [0, 0.05) is 38.6 Å². The number of nitrogens with zero attached hydrogens (tertiary/aromatic N) is 4. The first-order valence-corrected chi connectivity index (χ1v) is 9.16. The highest BCUT2D eigenvalue weighted by Gasteiger charge is 2.41. The van der Waals surface area contributed by atoms with Crippen molar-refractivity contribution in [1.82, 2.24) is 14.9 Å². The Balaban J connectivity index is 0.000000318. The smallest absolute Gasteiger partial charge is 0.475 e. The van der Waals surface area contributed by atoms with Crippen LogP contribution in [0.4, 0.5) is 23.5 Å². The molecule has 2 saturated heterocycles. The molecule has 0 spiro atoms. The fourth-order valence-electron chi connectivity index (χ4n) is 3.43. The molecule has 162 valence electrons. The number of carboxylic acid groups (broad SMARTS) is 1. The van der Waals surface area contributed by atoms with Gasteiger partial charge in [-0.15, -0.1) is 0 Å². The van der Waals surface area contributed by atoms with Crippen LogP contribution in [0.25, 0.3) is 0 Å². The van der Waals surface area contributed by atoms with Gasteiger partial charge in [0.2, 0.25) is 5.95 Å². The van der Waals surface area contributed by atoms with Gasteiger partial charge in [-0.2, -0.15) is 13.2 Å². The Morgan fingerprint density at radius 1 is 1.17 bits per heavy atom. The van der Waals surface area contributed by atoms with Crippen LogP contribution in [0.2, 0.25) is 0 Å². The molecule has 11 heteroatoms. The van der Waals surface area contributed by atoms with Gasteiger partial charge in [0.05, 0.1) is 18.8 Å². The predicted molar refractivity (Wildman–Crippen MR) is 98.3 cm³/mol.